The van der Waals surface area contributed by atoms with E-state index in [0.717, 1.165) is 10.2 Å². The van der Waals surface area contributed by atoms with Gasteiger partial charge in [0.05, 0.1) is 23.8 Å². The number of carboxylic acid groups (broad SMARTS) is 1. The first-order valence-electron chi connectivity index (χ1n) is 5.07. The molecular weight excluding hydrogens is 302 g/mol. The first kappa shape index (κ1) is 12.7. The molecule has 0 aliphatic carbocycles. The maximum Gasteiger partial charge on any atom is 0.320 e. The molecule has 2 aromatic heterocycles. The lowest BCUT2D eigenvalue weighted by atomic mass is 10.2. The summed E-state index contributed by atoms with van der Waals surface area (Å²) in [6, 6.07) is 0.846. The van der Waals surface area contributed by atoms with Gasteiger partial charge in [0.2, 0.25) is 0 Å². The Morgan fingerprint density at radius 2 is 2.33 bits per heavy atom. The predicted molar refractivity (Wildman–Crippen MR) is 66.2 cm³/mol. The number of carbonyl (C=O) groups is 1. The normalized spacial score (nSPS) is 12.3. The Morgan fingerprint density at radius 3 is 3.00 bits per heavy atom. The zero-order valence-electron chi connectivity index (χ0n) is 9.19. The number of carboxylic acids is 1. The smallest absolute Gasteiger partial charge is 0.320 e. The molecule has 0 amide bonds. The Bertz CT molecular complexity index is 571. The van der Waals surface area contributed by atoms with Crippen LogP contribution in [0.3, 0.4) is 0 Å². The van der Waals surface area contributed by atoms with E-state index < -0.39 is 12.0 Å². The standard InChI is InChI=1S/C10H10BrN5O2/c11-6-1-8(4-13-3-6)16-5-7(14-15-16)2-9(12)10(17)18/h1,3-5,9H,2,12H2,(H,17,18). The van der Waals surface area contributed by atoms with Crippen LogP contribution >= 0.6 is 15.9 Å². The molecule has 1 atom stereocenters. The maximum atomic E-state index is 10.6. The Kier molecular flexibility index (Phi) is 3.68. The van der Waals surface area contributed by atoms with Crippen molar-refractivity contribution in [2.75, 3.05) is 0 Å². The fourth-order valence-corrected chi connectivity index (χ4v) is 1.71. The topological polar surface area (TPSA) is 107 Å². The van der Waals surface area contributed by atoms with E-state index in [-0.39, 0.29) is 6.42 Å². The van der Waals surface area contributed by atoms with E-state index in [4.69, 9.17) is 10.8 Å². The van der Waals surface area contributed by atoms with Crippen molar-refractivity contribution in [2.45, 2.75) is 12.5 Å². The molecule has 18 heavy (non-hydrogen) atoms. The van der Waals surface area contributed by atoms with Crippen LogP contribution in [0.25, 0.3) is 5.69 Å². The van der Waals surface area contributed by atoms with Gasteiger partial charge >= 0.3 is 5.97 Å². The number of rotatable bonds is 4. The summed E-state index contributed by atoms with van der Waals surface area (Å²) in [4.78, 5) is 14.6. The van der Waals surface area contributed by atoms with E-state index in [2.05, 4.69) is 31.2 Å². The number of hydrogen-bond acceptors (Lipinski definition) is 5. The highest BCUT2D eigenvalue weighted by Crippen LogP contribution is 2.13. The molecule has 2 rings (SSSR count). The molecule has 8 heteroatoms. The van der Waals surface area contributed by atoms with Gasteiger partial charge in [-0.1, -0.05) is 5.21 Å². The van der Waals surface area contributed by atoms with Crippen LogP contribution in [-0.4, -0.2) is 37.1 Å². The zero-order chi connectivity index (χ0) is 13.1. The maximum absolute atomic E-state index is 10.6. The fraction of sp³-hybridized carbons (Fsp3) is 0.200. The molecular formula is C10H10BrN5O2. The number of aliphatic carboxylic acids is 1. The molecule has 7 nitrogen and oxygen atoms in total. The van der Waals surface area contributed by atoms with Crippen molar-refractivity contribution in [3.63, 3.8) is 0 Å². The number of nitrogens with two attached hydrogens (primary N) is 1. The average Bonchev–Trinajstić information content (AvgIpc) is 2.77. The number of nitrogens with zero attached hydrogens (tertiary/aromatic N) is 4. The van der Waals surface area contributed by atoms with Crippen LogP contribution in [0.15, 0.2) is 29.1 Å². The Labute approximate surface area is 111 Å². The Hall–Kier alpha value is -1.80. The van der Waals surface area contributed by atoms with Crippen molar-refractivity contribution < 1.29 is 9.90 Å². The van der Waals surface area contributed by atoms with Gasteiger partial charge in [-0.25, -0.2) is 4.68 Å². The third-order valence-electron chi connectivity index (χ3n) is 2.24. The second-order valence-electron chi connectivity index (χ2n) is 3.66. The largest absolute Gasteiger partial charge is 0.480 e. The van der Waals surface area contributed by atoms with Gasteiger partial charge < -0.3 is 10.8 Å². The number of hydrogen-bond donors (Lipinski definition) is 2. The van der Waals surface area contributed by atoms with Crippen LogP contribution in [0.5, 0.6) is 0 Å². The molecule has 94 valence electrons. The molecule has 0 aromatic carbocycles. The van der Waals surface area contributed by atoms with Crippen molar-refractivity contribution in [2.24, 2.45) is 5.73 Å². The van der Waals surface area contributed by atoms with Gasteiger partial charge in [-0.3, -0.25) is 9.78 Å². The number of halogens is 1. The summed E-state index contributed by atoms with van der Waals surface area (Å²) >= 11 is 3.30. The van der Waals surface area contributed by atoms with E-state index >= 15 is 0 Å². The van der Waals surface area contributed by atoms with Crippen molar-refractivity contribution in [3.05, 3.63) is 34.8 Å². The molecule has 0 bridgehead atoms. The summed E-state index contributed by atoms with van der Waals surface area (Å²) < 4.78 is 2.33. The van der Waals surface area contributed by atoms with Crippen LogP contribution < -0.4 is 5.73 Å². The summed E-state index contributed by atoms with van der Waals surface area (Å²) in [6.07, 6.45) is 5.05. The molecule has 2 heterocycles. The molecule has 3 N–H and O–H groups in total. The first-order chi connectivity index (χ1) is 8.56. The van der Waals surface area contributed by atoms with Crippen molar-refractivity contribution in [1.29, 1.82) is 0 Å². The SMILES string of the molecule is NC(Cc1cn(-c2cncc(Br)c2)nn1)C(=O)O. The minimum Gasteiger partial charge on any atom is -0.480 e. The minimum atomic E-state index is -1.06. The second-order valence-corrected chi connectivity index (χ2v) is 4.58. The third-order valence-corrected chi connectivity index (χ3v) is 2.68. The fourth-order valence-electron chi connectivity index (χ4n) is 1.36. The Morgan fingerprint density at radius 1 is 1.56 bits per heavy atom. The molecule has 2 aromatic rings. The third kappa shape index (κ3) is 2.90. The quantitative estimate of drug-likeness (QED) is 0.845. The average molecular weight is 312 g/mol. The molecule has 0 aliphatic heterocycles. The Balaban J connectivity index is 2.18. The molecule has 0 fully saturated rings. The van der Waals surface area contributed by atoms with Crippen LogP contribution in [0.1, 0.15) is 5.69 Å². The van der Waals surface area contributed by atoms with E-state index in [1.54, 1.807) is 18.6 Å². The van der Waals surface area contributed by atoms with E-state index in [9.17, 15) is 4.79 Å². The number of aromatic nitrogens is 4. The lowest BCUT2D eigenvalue weighted by Gasteiger charge is -2.01. The summed E-state index contributed by atoms with van der Waals surface area (Å²) in [5.74, 6) is -1.06. The van der Waals surface area contributed by atoms with Gasteiger partial charge in [-0.05, 0) is 22.0 Å². The van der Waals surface area contributed by atoms with Gasteiger partial charge in [-0.15, -0.1) is 5.10 Å². The van der Waals surface area contributed by atoms with Crippen molar-refractivity contribution in [3.8, 4) is 5.69 Å². The van der Waals surface area contributed by atoms with Gasteiger partial charge in [0.1, 0.15) is 6.04 Å². The highest BCUT2D eigenvalue weighted by atomic mass is 79.9. The minimum absolute atomic E-state index is 0.136. The molecule has 0 aliphatic rings. The predicted octanol–water partition coefficient (Wildman–Crippen LogP) is 0.379. The van der Waals surface area contributed by atoms with E-state index in [1.165, 1.54) is 4.68 Å². The number of pyridine rings is 1. The second kappa shape index (κ2) is 5.23. The van der Waals surface area contributed by atoms with Crippen LogP contribution in [0, 0.1) is 0 Å². The highest BCUT2D eigenvalue weighted by molar-refractivity contribution is 9.10. The molecule has 0 radical (unpaired) electrons. The van der Waals surface area contributed by atoms with E-state index in [0.29, 0.717) is 5.69 Å². The molecule has 0 saturated heterocycles. The molecule has 1 unspecified atom stereocenters. The summed E-state index contributed by atoms with van der Waals surface area (Å²) in [7, 11) is 0. The van der Waals surface area contributed by atoms with Crippen molar-refractivity contribution >= 4 is 21.9 Å². The van der Waals surface area contributed by atoms with Gasteiger partial charge in [0.25, 0.3) is 0 Å². The zero-order valence-corrected chi connectivity index (χ0v) is 10.8. The lowest BCUT2D eigenvalue weighted by Crippen LogP contribution is -2.32. The summed E-state index contributed by atoms with van der Waals surface area (Å²) in [5.41, 5.74) is 6.67. The monoisotopic (exact) mass is 311 g/mol. The first-order valence-corrected chi connectivity index (χ1v) is 5.86. The van der Waals surface area contributed by atoms with Crippen molar-refractivity contribution in [1.82, 2.24) is 20.0 Å². The van der Waals surface area contributed by atoms with Crippen LogP contribution in [0.4, 0.5) is 0 Å². The molecule has 0 spiro atoms. The van der Waals surface area contributed by atoms with Crippen LogP contribution in [-0.2, 0) is 11.2 Å². The van der Waals surface area contributed by atoms with Gasteiger partial charge in [-0.2, -0.15) is 0 Å². The van der Waals surface area contributed by atoms with E-state index in [1.807, 2.05) is 6.07 Å². The highest BCUT2D eigenvalue weighted by Gasteiger charge is 2.14. The van der Waals surface area contributed by atoms with Gasteiger partial charge in [0.15, 0.2) is 0 Å². The molecule has 0 saturated carbocycles. The summed E-state index contributed by atoms with van der Waals surface area (Å²) in [5, 5.41) is 16.5. The lowest BCUT2D eigenvalue weighted by molar-refractivity contribution is -0.138. The summed E-state index contributed by atoms with van der Waals surface area (Å²) in [6.45, 7) is 0. The van der Waals surface area contributed by atoms with Crippen LogP contribution in [0.2, 0.25) is 0 Å². The van der Waals surface area contributed by atoms with Gasteiger partial charge in [0, 0.05) is 17.1 Å².